The van der Waals surface area contributed by atoms with Gasteiger partial charge in [0, 0.05) is 25.5 Å². The van der Waals surface area contributed by atoms with Crippen LogP contribution in [0, 0.1) is 0 Å². The van der Waals surface area contributed by atoms with Gasteiger partial charge in [0.25, 0.3) is 11.1 Å². The Hall–Kier alpha value is -6.52. The van der Waals surface area contributed by atoms with Gasteiger partial charge in [0.2, 0.25) is 5.91 Å². The minimum atomic E-state index is -1.09. The van der Waals surface area contributed by atoms with Gasteiger partial charge in [0.15, 0.2) is 22.3 Å². The Balaban J connectivity index is 0.000000191. The number of nitrogens with zero attached hydrogens (tertiary/aromatic N) is 6. The van der Waals surface area contributed by atoms with E-state index in [1.165, 1.54) is 51.6 Å². The fourth-order valence-electron chi connectivity index (χ4n) is 4.94. The summed E-state index contributed by atoms with van der Waals surface area (Å²) in [7, 11) is 2.95. The van der Waals surface area contributed by atoms with Crippen molar-refractivity contribution in [3.05, 3.63) is 114 Å². The summed E-state index contributed by atoms with van der Waals surface area (Å²) in [6.07, 6.45) is 2.59. The van der Waals surface area contributed by atoms with E-state index in [9.17, 15) is 28.8 Å². The molecule has 17 heteroatoms. The van der Waals surface area contributed by atoms with Crippen LogP contribution in [0.5, 0.6) is 0 Å². The second-order valence-corrected chi connectivity index (χ2v) is 12.3. The van der Waals surface area contributed by atoms with Gasteiger partial charge in [-0.1, -0.05) is 52.0 Å². The molecule has 0 atom stereocenters. The van der Waals surface area contributed by atoms with E-state index < -0.39 is 28.5 Å². The van der Waals surface area contributed by atoms with E-state index in [1.54, 1.807) is 0 Å². The maximum atomic E-state index is 12.3. The first-order chi connectivity index (χ1) is 24.1. The molecule has 0 aliphatic heterocycles. The van der Waals surface area contributed by atoms with Gasteiger partial charge < -0.3 is 25.3 Å². The summed E-state index contributed by atoms with van der Waals surface area (Å²) in [5, 5.41) is 11.4. The summed E-state index contributed by atoms with van der Waals surface area (Å²) >= 11 is 0. The summed E-state index contributed by atoms with van der Waals surface area (Å²) in [5.74, 6) is -0.363. The number of nitrogen functional groups attached to an aromatic ring is 1. The van der Waals surface area contributed by atoms with E-state index in [0.717, 1.165) is 10.3 Å². The number of fused-ring (bicyclic) bond motifs is 2. The zero-order valence-electron chi connectivity index (χ0n) is 29.0. The summed E-state index contributed by atoms with van der Waals surface area (Å²) < 4.78 is 4.98. The number of nitrogens with two attached hydrogens (primary N) is 1. The highest BCUT2D eigenvalue weighted by Crippen LogP contribution is 2.17. The van der Waals surface area contributed by atoms with Crippen molar-refractivity contribution in [1.82, 2.24) is 38.2 Å². The molecule has 0 spiro atoms. The number of carbonyl (C=O) groups excluding carboxylic acids is 1. The largest absolute Gasteiger partial charge is 0.480 e. The lowest BCUT2D eigenvalue weighted by molar-refractivity contribution is -0.137. The molecule has 6 rings (SSSR count). The number of nitrogens with one attached hydrogen (secondary N) is 3. The predicted molar refractivity (Wildman–Crippen MR) is 193 cm³/mol. The van der Waals surface area contributed by atoms with Crippen LogP contribution in [0.15, 0.2) is 80.4 Å². The van der Waals surface area contributed by atoms with E-state index in [1.807, 2.05) is 36.4 Å². The molecule has 0 bridgehead atoms. The molecular formula is C34H40N10O7. The van der Waals surface area contributed by atoms with Crippen LogP contribution in [0.4, 0.5) is 11.4 Å². The van der Waals surface area contributed by atoms with Crippen LogP contribution in [0.1, 0.15) is 50.7 Å². The van der Waals surface area contributed by atoms with Crippen LogP contribution in [-0.4, -0.2) is 55.2 Å². The number of imidazole rings is 2. The van der Waals surface area contributed by atoms with E-state index in [-0.39, 0.29) is 41.3 Å². The van der Waals surface area contributed by atoms with Gasteiger partial charge in [-0.25, -0.2) is 19.6 Å². The fraction of sp³-hybridized carbons (Fsp3) is 0.294. The number of benzene rings is 2. The molecule has 0 saturated heterocycles. The molecule has 4 heterocycles. The van der Waals surface area contributed by atoms with Crippen molar-refractivity contribution in [2.24, 2.45) is 14.1 Å². The molecular weight excluding hydrogens is 660 g/mol. The lowest BCUT2D eigenvalue weighted by Gasteiger charge is -2.09. The van der Waals surface area contributed by atoms with E-state index in [4.69, 9.17) is 10.8 Å². The van der Waals surface area contributed by atoms with Crippen LogP contribution >= 0.6 is 0 Å². The topological polar surface area (TPSA) is 238 Å². The summed E-state index contributed by atoms with van der Waals surface area (Å²) in [5.41, 5.74) is 7.90. The first-order valence-electron chi connectivity index (χ1n) is 15.8. The summed E-state index contributed by atoms with van der Waals surface area (Å²) in [6, 6.07) is 15.6. The Labute approximate surface area is 290 Å². The molecule has 2 aromatic carbocycles. The molecule has 51 heavy (non-hydrogen) atoms. The van der Waals surface area contributed by atoms with Crippen molar-refractivity contribution in [3.8, 4) is 0 Å². The molecule has 0 aliphatic rings. The lowest BCUT2D eigenvalue weighted by Crippen LogP contribution is -2.30. The first kappa shape index (κ1) is 37.3. The van der Waals surface area contributed by atoms with Crippen molar-refractivity contribution in [2.45, 2.75) is 52.6 Å². The third-order valence-corrected chi connectivity index (χ3v) is 7.84. The van der Waals surface area contributed by atoms with E-state index in [0.29, 0.717) is 17.5 Å². The third kappa shape index (κ3) is 8.94. The van der Waals surface area contributed by atoms with Gasteiger partial charge in [-0.2, -0.15) is 0 Å². The highest BCUT2D eigenvalue weighted by molar-refractivity contribution is 5.91. The quantitative estimate of drug-likeness (QED) is 0.152. The van der Waals surface area contributed by atoms with Gasteiger partial charge >= 0.3 is 17.3 Å². The van der Waals surface area contributed by atoms with Crippen LogP contribution in [0.2, 0.25) is 0 Å². The number of carboxylic acids is 1. The van der Waals surface area contributed by atoms with Gasteiger partial charge in [-0.05, 0) is 47.2 Å². The molecule has 1 amide bonds. The zero-order valence-corrected chi connectivity index (χ0v) is 29.0. The van der Waals surface area contributed by atoms with Crippen molar-refractivity contribution >= 4 is 45.6 Å². The molecule has 0 unspecified atom stereocenters. The normalized spacial score (nSPS) is 10.9. The van der Waals surface area contributed by atoms with E-state index in [2.05, 4.69) is 65.1 Å². The molecule has 268 valence electrons. The first-order valence-corrected chi connectivity index (χ1v) is 15.8. The van der Waals surface area contributed by atoms with Crippen LogP contribution in [0.3, 0.4) is 0 Å². The minimum Gasteiger partial charge on any atom is -0.480 e. The third-order valence-electron chi connectivity index (χ3n) is 7.84. The van der Waals surface area contributed by atoms with Gasteiger partial charge in [0.1, 0.15) is 13.1 Å². The number of carbonyl (C=O) groups is 2. The predicted octanol–water partition coefficient (Wildman–Crippen LogP) is 2.09. The molecule has 17 nitrogen and oxygen atoms in total. The number of anilines is 2. The average Bonchev–Trinajstić information content (AvgIpc) is 3.68. The summed E-state index contributed by atoms with van der Waals surface area (Å²) in [4.78, 5) is 81.3. The Morgan fingerprint density at radius 3 is 1.55 bits per heavy atom. The monoisotopic (exact) mass is 700 g/mol. The Kier molecular flexibility index (Phi) is 11.6. The van der Waals surface area contributed by atoms with Gasteiger partial charge in [0.05, 0.1) is 12.7 Å². The Bertz CT molecular complexity index is 2410. The number of H-pyrrole nitrogens is 2. The highest BCUT2D eigenvalue weighted by atomic mass is 16.4. The number of amides is 1. The van der Waals surface area contributed by atoms with Crippen molar-refractivity contribution in [1.29, 1.82) is 0 Å². The number of carboxylic acid groups (broad SMARTS) is 1. The van der Waals surface area contributed by atoms with Crippen LogP contribution < -0.4 is 33.5 Å². The lowest BCUT2D eigenvalue weighted by atomic mass is 10.0. The number of aryl methyl sites for hydroxylation is 2. The zero-order chi connectivity index (χ0) is 37.6. The number of hydrogen-bond donors (Lipinski definition) is 5. The van der Waals surface area contributed by atoms with Crippen LogP contribution in [0.25, 0.3) is 22.3 Å². The Morgan fingerprint density at radius 1 is 0.725 bits per heavy atom. The fourth-order valence-corrected chi connectivity index (χ4v) is 4.94. The van der Waals surface area contributed by atoms with Crippen molar-refractivity contribution in [3.63, 3.8) is 0 Å². The van der Waals surface area contributed by atoms with Crippen molar-refractivity contribution < 1.29 is 14.7 Å². The Morgan fingerprint density at radius 2 is 1.14 bits per heavy atom. The molecule has 0 saturated carbocycles. The molecule has 6 N–H and O–H groups in total. The van der Waals surface area contributed by atoms with Gasteiger partial charge in [-0.3, -0.25) is 38.3 Å². The van der Waals surface area contributed by atoms with Crippen molar-refractivity contribution in [2.75, 3.05) is 11.1 Å². The van der Waals surface area contributed by atoms with E-state index >= 15 is 0 Å². The number of aromatic nitrogens is 8. The number of aliphatic carboxylic acids is 1. The smallest absolute Gasteiger partial charge is 0.329 e. The average molecular weight is 701 g/mol. The molecule has 0 aliphatic carbocycles. The second kappa shape index (κ2) is 15.8. The van der Waals surface area contributed by atoms with Crippen LogP contribution in [-0.2, 0) is 36.8 Å². The minimum absolute atomic E-state index is 0.0736. The summed E-state index contributed by atoms with van der Waals surface area (Å²) in [6.45, 7) is 8.09. The number of hydrogen-bond acceptors (Lipinski definition) is 9. The SMILES string of the molecule is CC(C)c1ccc(N)cc1.CC(C)c1ccc(NC(=O)Cn2cnc3c2c(=O)[nH]c(=O)n3C)cc1.Cn1c(=O)[nH]c(=O)c2c1ncn2CC(=O)O. The second-order valence-electron chi connectivity index (χ2n) is 12.3. The maximum Gasteiger partial charge on any atom is 0.329 e. The highest BCUT2D eigenvalue weighted by Gasteiger charge is 2.15. The standard InChI is InChI=1S/C17H19N5O3.C9H13N.C8H8N4O4/c1-10(2)11-4-6-12(7-5-11)19-13(23)8-22-9-18-15-14(22)16(24)20-17(25)21(15)3;1-7(2)8-3-5-9(10)6-4-8;1-11-6-5(7(15)10-8(11)16)12(3-9-6)2-4(13)14/h4-7,9-10H,8H2,1-3H3,(H,19,23)(H,20,24,25);3-7H,10H2,1-2H3;3H,2H2,1H3,(H,13,14)(H,10,15,16). The number of rotatable bonds is 7. The number of aromatic amines is 2. The molecule has 0 fully saturated rings. The molecule has 6 aromatic rings. The molecule has 0 radical (unpaired) electrons. The van der Waals surface area contributed by atoms with Gasteiger partial charge in [-0.15, -0.1) is 0 Å². The maximum absolute atomic E-state index is 12.3. The molecule has 4 aromatic heterocycles.